The molecule has 0 aromatic heterocycles. The van der Waals surface area contributed by atoms with Crippen LogP contribution < -0.4 is 0 Å². The van der Waals surface area contributed by atoms with E-state index in [2.05, 4.69) is 0 Å². The first-order valence-corrected chi connectivity index (χ1v) is 7.07. The van der Waals surface area contributed by atoms with Crippen LogP contribution in [-0.4, -0.2) is 21.0 Å². The van der Waals surface area contributed by atoms with E-state index < -0.39 is 11.0 Å². The fraction of sp³-hybridized carbons (Fsp3) is 0.538. The van der Waals surface area contributed by atoms with E-state index in [0.717, 1.165) is 35.9 Å². The van der Waals surface area contributed by atoms with E-state index in [1.165, 1.54) is 0 Å². The molecule has 0 amide bonds. The number of nitrogens with zero attached hydrogens (tertiary/aromatic N) is 1. The fourth-order valence-corrected chi connectivity index (χ4v) is 3.50. The fourth-order valence-electron chi connectivity index (χ4n) is 2.39. The molecule has 1 aliphatic carbocycles. The highest BCUT2D eigenvalue weighted by Crippen LogP contribution is 2.39. The first-order valence-electron chi connectivity index (χ1n) is 6.19. The molecule has 2 rings (SSSR count). The van der Waals surface area contributed by atoms with Crippen molar-refractivity contribution < 1.29 is 10.0 Å². The Hall–Kier alpha value is -1.07. The molecule has 0 bridgehead atoms. The minimum atomic E-state index is -1.16. The molecule has 1 aromatic carbocycles. The van der Waals surface area contributed by atoms with Gasteiger partial charge in [0.05, 0.1) is 0 Å². The molecule has 1 saturated carbocycles. The maximum atomic E-state index is 11.2. The van der Waals surface area contributed by atoms with E-state index >= 15 is 0 Å². The zero-order chi connectivity index (χ0) is 13.0. The summed E-state index contributed by atoms with van der Waals surface area (Å²) >= 11 is 1.15. The van der Waals surface area contributed by atoms with E-state index in [9.17, 15) is 15.2 Å². The summed E-state index contributed by atoms with van der Waals surface area (Å²) in [5.74, 6) is 0. The first-order chi connectivity index (χ1) is 8.62. The molecule has 1 fully saturated rings. The van der Waals surface area contributed by atoms with Crippen LogP contribution in [0.5, 0.6) is 0 Å². The molecule has 0 radical (unpaired) electrons. The second-order valence-corrected chi connectivity index (χ2v) is 5.89. The van der Waals surface area contributed by atoms with Crippen molar-refractivity contribution >= 4 is 11.8 Å². The number of thioether (sulfide) groups is 1. The third kappa shape index (κ3) is 3.03. The van der Waals surface area contributed by atoms with Crippen molar-refractivity contribution in [2.45, 2.75) is 48.0 Å². The van der Waals surface area contributed by atoms with Gasteiger partial charge in [0.25, 0.3) is 5.37 Å². The largest absolute Gasteiger partial charge is 0.382 e. The molecular formula is C13H17NO3S. The monoisotopic (exact) mass is 267 g/mol. The van der Waals surface area contributed by atoms with Gasteiger partial charge in [0.15, 0.2) is 0 Å². The number of rotatable bonds is 4. The Labute approximate surface area is 111 Å². The predicted octanol–water partition coefficient (Wildman–Crippen LogP) is 3.08. The molecule has 1 atom stereocenters. The van der Waals surface area contributed by atoms with Gasteiger partial charge in [-0.05, 0) is 36.7 Å². The summed E-state index contributed by atoms with van der Waals surface area (Å²) in [5.41, 5.74) is -1.16. The summed E-state index contributed by atoms with van der Waals surface area (Å²) in [6, 6.07) is 9.26. The molecule has 0 saturated heterocycles. The second-order valence-electron chi connectivity index (χ2n) is 4.73. The molecule has 98 valence electrons. The summed E-state index contributed by atoms with van der Waals surface area (Å²) in [6.07, 6.45) is 3.85. The smallest absolute Gasteiger partial charge is 0.290 e. The molecule has 0 aliphatic heterocycles. The topological polar surface area (TPSA) is 63.4 Å². The highest BCUT2D eigenvalue weighted by atomic mass is 32.2. The van der Waals surface area contributed by atoms with Crippen molar-refractivity contribution in [2.24, 2.45) is 0 Å². The minimum Gasteiger partial charge on any atom is -0.382 e. The Morgan fingerprint density at radius 2 is 1.83 bits per heavy atom. The van der Waals surface area contributed by atoms with Gasteiger partial charge in [0.1, 0.15) is 5.60 Å². The molecule has 4 nitrogen and oxygen atoms in total. The Morgan fingerprint density at radius 3 is 2.39 bits per heavy atom. The number of benzene rings is 1. The van der Waals surface area contributed by atoms with E-state index in [4.69, 9.17) is 0 Å². The first kappa shape index (κ1) is 13.4. The quantitative estimate of drug-likeness (QED) is 0.394. The maximum absolute atomic E-state index is 11.2. The van der Waals surface area contributed by atoms with Crippen molar-refractivity contribution in [2.75, 3.05) is 0 Å². The zero-order valence-corrected chi connectivity index (χ0v) is 10.9. The van der Waals surface area contributed by atoms with Crippen molar-refractivity contribution in [3.8, 4) is 0 Å². The van der Waals surface area contributed by atoms with Gasteiger partial charge < -0.3 is 5.11 Å². The lowest BCUT2D eigenvalue weighted by Gasteiger charge is -2.33. The summed E-state index contributed by atoms with van der Waals surface area (Å²) in [7, 11) is 0. The van der Waals surface area contributed by atoms with Crippen LogP contribution in [0.15, 0.2) is 35.2 Å². The summed E-state index contributed by atoms with van der Waals surface area (Å²) in [5, 5.41) is 20.8. The third-order valence-electron chi connectivity index (χ3n) is 3.36. The highest BCUT2D eigenvalue weighted by molar-refractivity contribution is 7.99. The third-order valence-corrected chi connectivity index (χ3v) is 4.74. The van der Waals surface area contributed by atoms with Gasteiger partial charge in [-0.3, -0.25) is 10.1 Å². The van der Waals surface area contributed by atoms with Gasteiger partial charge >= 0.3 is 0 Å². The predicted molar refractivity (Wildman–Crippen MR) is 71.1 cm³/mol. The lowest BCUT2D eigenvalue weighted by molar-refractivity contribution is -0.518. The Balaban J connectivity index is 2.15. The second kappa shape index (κ2) is 5.71. The molecule has 1 aromatic rings. The van der Waals surface area contributed by atoms with Gasteiger partial charge in [-0.2, -0.15) is 0 Å². The molecule has 1 N–H and O–H groups in total. The van der Waals surface area contributed by atoms with Crippen LogP contribution in [0.3, 0.4) is 0 Å². The van der Waals surface area contributed by atoms with Crippen LogP contribution in [0.25, 0.3) is 0 Å². The SMILES string of the molecule is O=[N+]([O-])C(Sc1ccccc1)C1(O)CCCCC1. The molecular weight excluding hydrogens is 250 g/mol. The van der Waals surface area contributed by atoms with Crippen LogP contribution in [0.4, 0.5) is 0 Å². The number of nitro groups is 1. The Bertz CT molecular complexity index is 404. The summed E-state index contributed by atoms with van der Waals surface area (Å²) in [6.45, 7) is 0. The summed E-state index contributed by atoms with van der Waals surface area (Å²) < 4.78 is 0. The van der Waals surface area contributed by atoms with Gasteiger partial charge in [0, 0.05) is 9.82 Å². The van der Waals surface area contributed by atoms with Crippen LogP contribution in [0.2, 0.25) is 0 Å². The van der Waals surface area contributed by atoms with Crippen molar-refractivity contribution in [1.29, 1.82) is 0 Å². The average molecular weight is 267 g/mol. The van der Waals surface area contributed by atoms with E-state index in [0.29, 0.717) is 12.8 Å². The Kier molecular flexibility index (Phi) is 4.24. The van der Waals surface area contributed by atoms with Crippen molar-refractivity contribution in [1.82, 2.24) is 0 Å². The van der Waals surface area contributed by atoms with Gasteiger partial charge in [-0.15, -0.1) is 0 Å². The molecule has 1 unspecified atom stereocenters. The molecule has 0 spiro atoms. The van der Waals surface area contributed by atoms with Crippen LogP contribution in [0, 0.1) is 10.1 Å². The van der Waals surface area contributed by atoms with Crippen LogP contribution >= 0.6 is 11.8 Å². The van der Waals surface area contributed by atoms with Crippen LogP contribution in [-0.2, 0) is 0 Å². The van der Waals surface area contributed by atoms with Gasteiger partial charge in [0.2, 0.25) is 0 Å². The van der Waals surface area contributed by atoms with E-state index in [1.54, 1.807) is 0 Å². The van der Waals surface area contributed by atoms with Gasteiger partial charge in [-0.25, -0.2) is 0 Å². The van der Waals surface area contributed by atoms with Crippen molar-refractivity contribution in [3.05, 3.63) is 40.4 Å². The molecule has 18 heavy (non-hydrogen) atoms. The lowest BCUT2D eigenvalue weighted by atomic mass is 9.85. The minimum absolute atomic E-state index is 0.344. The maximum Gasteiger partial charge on any atom is 0.290 e. The zero-order valence-electron chi connectivity index (χ0n) is 10.1. The lowest BCUT2D eigenvalue weighted by Crippen LogP contribution is -2.46. The van der Waals surface area contributed by atoms with E-state index in [1.807, 2.05) is 30.3 Å². The normalized spacial score (nSPS) is 20.3. The molecule has 0 heterocycles. The molecule has 1 aliphatic rings. The average Bonchev–Trinajstić information content (AvgIpc) is 2.37. The van der Waals surface area contributed by atoms with Gasteiger partial charge in [-0.1, -0.05) is 37.5 Å². The number of aliphatic hydroxyl groups is 1. The Morgan fingerprint density at radius 1 is 1.22 bits per heavy atom. The van der Waals surface area contributed by atoms with E-state index in [-0.39, 0.29) is 4.92 Å². The van der Waals surface area contributed by atoms with Crippen molar-refractivity contribution in [3.63, 3.8) is 0 Å². The number of hydrogen-bond donors (Lipinski definition) is 1. The molecule has 5 heteroatoms. The number of hydrogen-bond acceptors (Lipinski definition) is 4. The van der Waals surface area contributed by atoms with Crippen LogP contribution in [0.1, 0.15) is 32.1 Å². The highest BCUT2D eigenvalue weighted by Gasteiger charge is 2.46. The summed E-state index contributed by atoms with van der Waals surface area (Å²) in [4.78, 5) is 11.7. The standard InChI is InChI=1S/C13H17NO3S/c15-13(9-5-2-6-10-13)12(14(16)17)18-11-7-3-1-4-8-11/h1,3-4,7-8,12,15H,2,5-6,9-10H2.